The van der Waals surface area contributed by atoms with E-state index in [1.54, 1.807) is 0 Å². The Morgan fingerprint density at radius 1 is 0.295 bits per heavy atom. The van der Waals surface area contributed by atoms with Crippen LogP contribution >= 0.6 is 15.6 Å². The number of carbonyl (C=O) groups is 4. The van der Waals surface area contributed by atoms with Gasteiger partial charge in [-0.2, -0.15) is 0 Å². The summed E-state index contributed by atoms with van der Waals surface area (Å²) >= 11 is 0. The Morgan fingerprint density at radius 2 is 0.505 bits per heavy atom. The monoisotopic (exact) mass is 1390 g/mol. The molecule has 95 heavy (non-hydrogen) atoms. The van der Waals surface area contributed by atoms with Crippen LogP contribution in [0.1, 0.15) is 355 Å². The number of hydrogen-bond acceptors (Lipinski definition) is 15. The number of aliphatic hydroxyl groups excluding tert-OH is 1. The first-order valence-corrected chi connectivity index (χ1v) is 41.4. The molecule has 0 amide bonds. The maximum Gasteiger partial charge on any atom is 0.472 e. The van der Waals surface area contributed by atoms with Gasteiger partial charge in [-0.05, 0) is 77.0 Å². The van der Waals surface area contributed by atoms with Gasteiger partial charge in [-0.25, -0.2) is 9.13 Å². The third kappa shape index (κ3) is 69.3. The van der Waals surface area contributed by atoms with Gasteiger partial charge in [-0.1, -0.05) is 301 Å². The largest absolute Gasteiger partial charge is 0.472 e. The summed E-state index contributed by atoms with van der Waals surface area (Å²) in [6.07, 6.45) is 65.3. The second-order valence-corrected chi connectivity index (χ2v) is 28.9. The Hall–Kier alpha value is -2.98. The third-order valence-electron chi connectivity index (χ3n) is 16.6. The molecule has 2 unspecified atom stereocenters. The van der Waals surface area contributed by atoms with Crippen LogP contribution in [0.4, 0.5) is 0 Å². The van der Waals surface area contributed by atoms with Crippen LogP contribution in [0.2, 0.25) is 0 Å². The molecule has 0 heterocycles. The standard InChI is InChI=1S/C76H140O17P2/c1-5-9-13-17-21-25-28-31-34-37-40-43-47-51-55-59-63-76(81)93-72(67-87-74(79)61-57-53-49-45-41-38-35-32-29-26-22-18-14-10-6-2)69-91-95(84,85)89-65-70(77)64-88-94(82,83)90-68-71(66-86-73(78)60-56-52-48-44-24-20-16-12-8-4)92-75(80)62-58-54-50-46-42-39-36-33-30-27-23-19-15-11-7-3/h26-27,29-30,32-33,35-36,70-72,77H,5-25,28,31,34,37-69H2,1-4H3,(H,82,83)(H,84,85)/b29-26-,30-27-,35-32-,36-33-/t70-,71+,72+/m0/s1. The van der Waals surface area contributed by atoms with Crippen molar-refractivity contribution in [1.82, 2.24) is 0 Å². The number of phosphoric ester groups is 2. The van der Waals surface area contributed by atoms with E-state index in [4.69, 9.17) is 37.0 Å². The van der Waals surface area contributed by atoms with Crippen molar-refractivity contribution in [2.45, 2.75) is 373 Å². The lowest BCUT2D eigenvalue weighted by molar-refractivity contribution is -0.161. The summed E-state index contributed by atoms with van der Waals surface area (Å²) in [5.74, 6) is -2.17. The van der Waals surface area contributed by atoms with Gasteiger partial charge in [0.1, 0.15) is 19.3 Å². The van der Waals surface area contributed by atoms with E-state index in [1.807, 2.05) is 0 Å². The lowest BCUT2D eigenvalue weighted by atomic mass is 10.0. The van der Waals surface area contributed by atoms with Crippen molar-refractivity contribution in [2.75, 3.05) is 39.6 Å². The number of unbranched alkanes of at least 4 members (excludes halogenated alkanes) is 41. The van der Waals surface area contributed by atoms with Gasteiger partial charge >= 0.3 is 39.5 Å². The number of ether oxygens (including phenoxy) is 4. The molecule has 0 radical (unpaired) electrons. The molecule has 0 aliphatic heterocycles. The maximum atomic E-state index is 13.1. The SMILES string of the molecule is CCCCCC/C=C\C=C/CCCCCCCC(=O)OC[C@H](COP(=O)(O)OC[C@@H](O)COP(=O)(O)OC[C@@H](COC(=O)CCCCCCCCCCC)OC(=O)CCCCCCC/C=C\C=C/CCCCCC)OC(=O)CCCCCCCCCCCCCCCCCC. The minimum atomic E-state index is -4.97. The van der Waals surface area contributed by atoms with Crippen LogP contribution < -0.4 is 0 Å². The highest BCUT2D eigenvalue weighted by Crippen LogP contribution is 2.45. The van der Waals surface area contributed by atoms with Crippen molar-refractivity contribution in [3.63, 3.8) is 0 Å². The van der Waals surface area contributed by atoms with Gasteiger partial charge < -0.3 is 33.8 Å². The van der Waals surface area contributed by atoms with Crippen LogP contribution in [0.3, 0.4) is 0 Å². The number of esters is 4. The molecular weight excluding hydrogens is 1250 g/mol. The molecule has 0 aromatic heterocycles. The molecule has 3 N–H and O–H groups in total. The van der Waals surface area contributed by atoms with Gasteiger partial charge in [-0.3, -0.25) is 37.3 Å². The van der Waals surface area contributed by atoms with Gasteiger partial charge in [0.05, 0.1) is 26.4 Å². The maximum absolute atomic E-state index is 13.1. The van der Waals surface area contributed by atoms with Gasteiger partial charge in [-0.15, -0.1) is 0 Å². The molecule has 0 saturated heterocycles. The van der Waals surface area contributed by atoms with E-state index in [0.717, 1.165) is 122 Å². The Morgan fingerprint density at radius 3 is 0.768 bits per heavy atom. The Bertz CT molecular complexity index is 2000. The summed E-state index contributed by atoms with van der Waals surface area (Å²) in [6, 6.07) is 0. The molecule has 0 rings (SSSR count). The molecule has 17 nitrogen and oxygen atoms in total. The van der Waals surface area contributed by atoms with E-state index < -0.39 is 97.5 Å². The van der Waals surface area contributed by atoms with E-state index in [2.05, 4.69) is 76.3 Å². The minimum absolute atomic E-state index is 0.0831. The van der Waals surface area contributed by atoms with Crippen LogP contribution in [0, 0.1) is 0 Å². The molecule has 0 fully saturated rings. The lowest BCUT2D eigenvalue weighted by Gasteiger charge is -2.21. The summed E-state index contributed by atoms with van der Waals surface area (Å²) in [6.45, 7) is 4.84. The van der Waals surface area contributed by atoms with Crippen molar-refractivity contribution in [2.24, 2.45) is 0 Å². The van der Waals surface area contributed by atoms with Crippen LogP contribution in [0.5, 0.6) is 0 Å². The molecule has 0 saturated carbocycles. The van der Waals surface area contributed by atoms with Gasteiger partial charge in [0.15, 0.2) is 12.2 Å². The predicted octanol–water partition coefficient (Wildman–Crippen LogP) is 21.7. The number of rotatable bonds is 73. The van der Waals surface area contributed by atoms with Crippen molar-refractivity contribution in [3.05, 3.63) is 48.6 Å². The predicted molar refractivity (Wildman–Crippen MR) is 386 cm³/mol. The zero-order valence-corrected chi connectivity index (χ0v) is 62.4. The lowest BCUT2D eigenvalue weighted by Crippen LogP contribution is -2.30. The number of allylic oxidation sites excluding steroid dienone is 8. The minimum Gasteiger partial charge on any atom is -0.462 e. The van der Waals surface area contributed by atoms with Crippen molar-refractivity contribution in [1.29, 1.82) is 0 Å². The van der Waals surface area contributed by atoms with E-state index in [9.17, 15) is 43.2 Å². The fourth-order valence-corrected chi connectivity index (χ4v) is 12.3. The third-order valence-corrected chi connectivity index (χ3v) is 18.5. The first kappa shape index (κ1) is 92.0. The van der Waals surface area contributed by atoms with Crippen LogP contribution in [0.25, 0.3) is 0 Å². The van der Waals surface area contributed by atoms with Crippen LogP contribution in [0.15, 0.2) is 48.6 Å². The quantitative estimate of drug-likeness (QED) is 0.0169. The number of hydrogen-bond donors (Lipinski definition) is 3. The van der Waals surface area contributed by atoms with E-state index in [0.29, 0.717) is 25.7 Å². The molecule has 0 aliphatic rings. The van der Waals surface area contributed by atoms with Crippen molar-refractivity contribution in [3.8, 4) is 0 Å². The number of carbonyl (C=O) groups excluding carboxylic acids is 4. The Labute approximate surface area is 578 Å². The van der Waals surface area contributed by atoms with Gasteiger partial charge in [0.2, 0.25) is 0 Å². The molecular formula is C76H140O17P2. The fraction of sp³-hybridized carbons (Fsp3) is 0.842. The highest BCUT2D eigenvalue weighted by molar-refractivity contribution is 7.47. The summed E-state index contributed by atoms with van der Waals surface area (Å²) in [4.78, 5) is 72.7. The van der Waals surface area contributed by atoms with Crippen LogP contribution in [-0.2, 0) is 65.4 Å². The molecule has 0 aromatic rings. The number of phosphoric acid groups is 2. The first-order valence-electron chi connectivity index (χ1n) is 38.4. The average molecular weight is 1390 g/mol. The topological polar surface area (TPSA) is 237 Å². The highest BCUT2D eigenvalue weighted by atomic mass is 31.2. The van der Waals surface area contributed by atoms with Gasteiger partial charge in [0.25, 0.3) is 0 Å². The van der Waals surface area contributed by atoms with Crippen molar-refractivity contribution >= 4 is 39.5 Å². The van der Waals surface area contributed by atoms with E-state index in [-0.39, 0.29) is 25.7 Å². The molecule has 0 spiro atoms. The Kier molecular flexibility index (Phi) is 67.3. The number of aliphatic hydroxyl groups is 1. The summed E-state index contributed by atoms with van der Waals surface area (Å²) in [7, 11) is -9.93. The molecule has 0 aromatic carbocycles. The second kappa shape index (κ2) is 69.5. The Balaban J connectivity index is 5.30. The molecule has 0 bridgehead atoms. The van der Waals surface area contributed by atoms with E-state index >= 15 is 0 Å². The summed E-state index contributed by atoms with van der Waals surface area (Å²) in [5.41, 5.74) is 0. The molecule has 0 aliphatic carbocycles. The molecule has 5 atom stereocenters. The highest BCUT2D eigenvalue weighted by Gasteiger charge is 2.30. The second-order valence-electron chi connectivity index (χ2n) is 26.0. The summed E-state index contributed by atoms with van der Waals surface area (Å²) < 4.78 is 68.4. The smallest absolute Gasteiger partial charge is 0.462 e. The fourth-order valence-electron chi connectivity index (χ4n) is 10.7. The zero-order chi connectivity index (χ0) is 69.7. The molecule has 19 heteroatoms. The van der Waals surface area contributed by atoms with Crippen LogP contribution in [-0.4, -0.2) is 96.7 Å². The normalized spacial score (nSPS) is 14.2. The zero-order valence-electron chi connectivity index (χ0n) is 60.6. The summed E-state index contributed by atoms with van der Waals surface area (Å²) in [5, 5.41) is 10.6. The van der Waals surface area contributed by atoms with E-state index in [1.165, 1.54) is 154 Å². The van der Waals surface area contributed by atoms with Gasteiger partial charge in [0, 0.05) is 25.7 Å². The molecule has 556 valence electrons. The first-order chi connectivity index (χ1) is 46.2. The van der Waals surface area contributed by atoms with Crippen molar-refractivity contribution < 1.29 is 80.2 Å². The average Bonchev–Trinajstić information content (AvgIpc) is 2.63.